The van der Waals surface area contributed by atoms with Crippen molar-refractivity contribution in [2.45, 2.75) is 19.3 Å². The third-order valence-corrected chi connectivity index (χ3v) is 3.25. The van der Waals surface area contributed by atoms with E-state index in [1.54, 1.807) is 11.1 Å². The number of nitrogens with zero attached hydrogens (tertiary/aromatic N) is 2. The van der Waals surface area contributed by atoms with Crippen LogP contribution in [0.3, 0.4) is 0 Å². The van der Waals surface area contributed by atoms with Crippen molar-refractivity contribution in [3.05, 3.63) is 30.1 Å². The summed E-state index contributed by atoms with van der Waals surface area (Å²) >= 11 is 0. The van der Waals surface area contributed by atoms with Gasteiger partial charge in [0.1, 0.15) is 6.61 Å². The van der Waals surface area contributed by atoms with Crippen LogP contribution in [0.5, 0.6) is 0 Å². The van der Waals surface area contributed by atoms with Crippen LogP contribution >= 0.6 is 0 Å². The number of carbonyl (C=O) groups excluding carboxylic acids is 1. The van der Waals surface area contributed by atoms with Gasteiger partial charge in [-0.05, 0) is 36.8 Å². The second kappa shape index (κ2) is 5.77. The van der Waals surface area contributed by atoms with Crippen molar-refractivity contribution in [2.24, 2.45) is 5.92 Å². The normalized spacial score (nSPS) is 20.3. The molecule has 2 rings (SSSR count). The minimum atomic E-state index is -0.375. The van der Waals surface area contributed by atoms with Gasteiger partial charge >= 0.3 is 0 Å². The molecule has 1 amide bonds. The minimum absolute atomic E-state index is 0.152. The molecular formula is C13H18N2O2. The summed E-state index contributed by atoms with van der Waals surface area (Å²) in [6.07, 6.45) is 6.78. The molecule has 1 aliphatic rings. The standard InChI is InChI=1S/C13H18N2O2/c16-10-13(17)15-6-2-4-12(9-15)7-11-3-1-5-14-8-11/h1,3,5,8,12,16H,2,4,6-7,9-10H2/t12-/m0/s1. The Morgan fingerprint density at radius 2 is 2.47 bits per heavy atom. The third-order valence-electron chi connectivity index (χ3n) is 3.25. The Hall–Kier alpha value is -1.42. The van der Waals surface area contributed by atoms with E-state index >= 15 is 0 Å². The molecule has 1 N–H and O–H groups in total. The zero-order chi connectivity index (χ0) is 12.1. The van der Waals surface area contributed by atoms with Crippen LogP contribution in [-0.4, -0.2) is 40.6 Å². The number of aliphatic hydroxyl groups is 1. The lowest BCUT2D eigenvalue weighted by molar-refractivity contribution is -0.135. The molecule has 0 radical (unpaired) electrons. The van der Waals surface area contributed by atoms with Crippen LogP contribution in [0.15, 0.2) is 24.5 Å². The number of piperidine rings is 1. The maximum absolute atomic E-state index is 11.4. The van der Waals surface area contributed by atoms with Gasteiger partial charge in [-0.15, -0.1) is 0 Å². The van der Waals surface area contributed by atoms with Crippen molar-refractivity contribution >= 4 is 5.91 Å². The molecule has 4 heteroatoms. The van der Waals surface area contributed by atoms with Gasteiger partial charge in [-0.3, -0.25) is 9.78 Å². The molecule has 1 fully saturated rings. The second-order valence-electron chi connectivity index (χ2n) is 4.57. The van der Waals surface area contributed by atoms with Crippen LogP contribution in [0.1, 0.15) is 18.4 Å². The summed E-state index contributed by atoms with van der Waals surface area (Å²) in [5.41, 5.74) is 1.22. The lowest BCUT2D eigenvalue weighted by Crippen LogP contribution is -2.41. The van der Waals surface area contributed by atoms with Gasteiger partial charge in [0, 0.05) is 25.5 Å². The van der Waals surface area contributed by atoms with Gasteiger partial charge in [0.15, 0.2) is 0 Å². The van der Waals surface area contributed by atoms with Crippen LogP contribution < -0.4 is 0 Å². The number of hydrogen-bond donors (Lipinski definition) is 1. The van der Waals surface area contributed by atoms with Crippen molar-refractivity contribution in [1.82, 2.24) is 9.88 Å². The summed E-state index contributed by atoms with van der Waals surface area (Å²) < 4.78 is 0. The predicted octanol–water partition coefficient (Wildman–Crippen LogP) is 0.855. The first-order chi connectivity index (χ1) is 8.29. The lowest BCUT2D eigenvalue weighted by Gasteiger charge is -2.32. The quantitative estimate of drug-likeness (QED) is 0.843. The fourth-order valence-corrected chi connectivity index (χ4v) is 2.41. The van der Waals surface area contributed by atoms with Gasteiger partial charge in [-0.25, -0.2) is 0 Å². The van der Waals surface area contributed by atoms with Gasteiger partial charge in [0.05, 0.1) is 0 Å². The molecule has 92 valence electrons. The van der Waals surface area contributed by atoms with Crippen LogP contribution in [0.2, 0.25) is 0 Å². The van der Waals surface area contributed by atoms with Crippen molar-refractivity contribution in [1.29, 1.82) is 0 Å². The van der Waals surface area contributed by atoms with E-state index in [4.69, 9.17) is 5.11 Å². The fraction of sp³-hybridized carbons (Fsp3) is 0.538. The number of rotatable bonds is 3. The average Bonchev–Trinajstić information content (AvgIpc) is 2.39. The molecule has 1 aromatic rings. The smallest absolute Gasteiger partial charge is 0.248 e. The van der Waals surface area contributed by atoms with Gasteiger partial charge < -0.3 is 10.0 Å². The Morgan fingerprint density at radius 3 is 3.18 bits per heavy atom. The summed E-state index contributed by atoms with van der Waals surface area (Å²) in [6.45, 7) is 1.16. The summed E-state index contributed by atoms with van der Waals surface area (Å²) in [5.74, 6) is 0.337. The van der Waals surface area contributed by atoms with Gasteiger partial charge in [-0.1, -0.05) is 6.07 Å². The topological polar surface area (TPSA) is 53.4 Å². The Bertz CT molecular complexity index is 367. The van der Waals surface area contributed by atoms with Crippen LogP contribution in [-0.2, 0) is 11.2 Å². The van der Waals surface area contributed by atoms with E-state index in [0.29, 0.717) is 5.92 Å². The van der Waals surface area contributed by atoms with Crippen molar-refractivity contribution in [2.75, 3.05) is 19.7 Å². The predicted molar refractivity (Wildman–Crippen MR) is 64.3 cm³/mol. The Kier molecular flexibility index (Phi) is 4.09. The first kappa shape index (κ1) is 12.0. The van der Waals surface area contributed by atoms with Crippen molar-refractivity contribution < 1.29 is 9.90 Å². The number of pyridine rings is 1. The molecule has 0 aromatic carbocycles. The first-order valence-electron chi connectivity index (χ1n) is 6.07. The Morgan fingerprint density at radius 1 is 1.59 bits per heavy atom. The zero-order valence-electron chi connectivity index (χ0n) is 9.88. The lowest BCUT2D eigenvalue weighted by atomic mass is 9.92. The SMILES string of the molecule is O=C(CO)N1CCC[C@@H](Cc2cccnc2)C1. The third kappa shape index (κ3) is 3.27. The van der Waals surface area contributed by atoms with Crippen molar-refractivity contribution in [3.8, 4) is 0 Å². The molecule has 1 saturated heterocycles. The number of hydrogen-bond acceptors (Lipinski definition) is 3. The number of aliphatic hydroxyl groups excluding tert-OH is 1. The van der Waals surface area contributed by atoms with Crippen LogP contribution in [0, 0.1) is 5.92 Å². The molecule has 0 bridgehead atoms. The average molecular weight is 234 g/mol. The molecule has 0 unspecified atom stereocenters. The van der Waals surface area contributed by atoms with Crippen LogP contribution in [0.25, 0.3) is 0 Å². The van der Waals surface area contributed by atoms with E-state index in [1.165, 1.54) is 5.56 Å². The van der Waals surface area contributed by atoms with E-state index in [9.17, 15) is 4.79 Å². The molecule has 0 aliphatic carbocycles. The summed E-state index contributed by atoms with van der Waals surface area (Å²) in [6, 6.07) is 4.01. The molecule has 1 aromatic heterocycles. The van der Waals surface area contributed by atoms with E-state index in [2.05, 4.69) is 11.1 Å². The van der Waals surface area contributed by atoms with E-state index < -0.39 is 0 Å². The minimum Gasteiger partial charge on any atom is -0.387 e. The number of likely N-dealkylation sites (tertiary alicyclic amines) is 1. The molecule has 4 nitrogen and oxygen atoms in total. The highest BCUT2D eigenvalue weighted by Gasteiger charge is 2.23. The molecule has 0 spiro atoms. The molecule has 2 heterocycles. The molecular weight excluding hydrogens is 216 g/mol. The highest BCUT2D eigenvalue weighted by Crippen LogP contribution is 2.20. The molecule has 0 saturated carbocycles. The molecule has 1 atom stereocenters. The monoisotopic (exact) mass is 234 g/mol. The fourth-order valence-electron chi connectivity index (χ4n) is 2.41. The van der Waals surface area contributed by atoms with E-state index in [1.807, 2.05) is 12.3 Å². The summed E-state index contributed by atoms with van der Waals surface area (Å²) in [7, 11) is 0. The maximum atomic E-state index is 11.4. The number of amides is 1. The summed E-state index contributed by atoms with van der Waals surface area (Å²) in [5, 5.41) is 8.86. The number of aromatic nitrogens is 1. The van der Waals surface area contributed by atoms with Crippen LogP contribution in [0.4, 0.5) is 0 Å². The van der Waals surface area contributed by atoms with Gasteiger partial charge in [-0.2, -0.15) is 0 Å². The summed E-state index contributed by atoms with van der Waals surface area (Å²) in [4.78, 5) is 17.3. The maximum Gasteiger partial charge on any atom is 0.248 e. The van der Waals surface area contributed by atoms with E-state index in [-0.39, 0.29) is 12.5 Å². The molecule has 17 heavy (non-hydrogen) atoms. The Labute approximate surface area is 101 Å². The first-order valence-corrected chi connectivity index (χ1v) is 6.07. The van der Waals surface area contributed by atoms with Gasteiger partial charge in [0.25, 0.3) is 0 Å². The Balaban J connectivity index is 1.92. The largest absolute Gasteiger partial charge is 0.387 e. The number of carbonyl (C=O) groups is 1. The second-order valence-corrected chi connectivity index (χ2v) is 4.57. The molecule has 1 aliphatic heterocycles. The van der Waals surface area contributed by atoms with Gasteiger partial charge in [0.2, 0.25) is 5.91 Å². The highest BCUT2D eigenvalue weighted by molar-refractivity contribution is 5.77. The zero-order valence-corrected chi connectivity index (χ0v) is 9.88. The van der Waals surface area contributed by atoms with Crippen molar-refractivity contribution in [3.63, 3.8) is 0 Å². The van der Waals surface area contributed by atoms with E-state index in [0.717, 1.165) is 32.4 Å². The highest BCUT2D eigenvalue weighted by atomic mass is 16.3.